The van der Waals surface area contributed by atoms with Crippen molar-refractivity contribution in [1.29, 1.82) is 0 Å². The van der Waals surface area contributed by atoms with E-state index in [2.05, 4.69) is 19.9 Å². The van der Waals surface area contributed by atoms with Crippen LogP contribution in [0.3, 0.4) is 0 Å². The Labute approximate surface area is 271 Å². The highest BCUT2D eigenvalue weighted by atomic mass is 35.5. The summed E-state index contributed by atoms with van der Waals surface area (Å²) in [6.07, 6.45) is -11.3. The summed E-state index contributed by atoms with van der Waals surface area (Å²) >= 11 is 18.6. The molecule has 6 heterocycles. The monoisotopic (exact) mass is 745 g/mol. The molecule has 3 aliphatic heterocycles. The van der Waals surface area contributed by atoms with E-state index in [1.165, 1.54) is 16.7 Å². The zero-order valence-electron chi connectivity index (χ0n) is 22.6. The van der Waals surface area contributed by atoms with Crippen LogP contribution >= 0.6 is 50.4 Å². The summed E-state index contributed by atoms with van der Waals surface area (Å²) in [7, 11) is -10.2. The van der Waals surface area contributed by atoms with Crippen LogP contribution in [0.2, 0.25) is 15.3 Å². The van der Waals surface area contributed by atoms with Gasteiger partial charge in [-0.05, 0) is 23.7 Å². The van der Waals surface area contributed by atoms with Gasteiger partial charge >= 0.3 is 15.6 Å². The second-order valence-corrected chi connectivity index (χ2v) is 14.3. The fourth-order valence-corrected chi connectivity index (χ4v) is 7.95. The Kier molecular flexibility index (Phi) is 8.35. The summed E-state index contributed by atoms with van der Waals surface area (Å²) in [6.45, 7) is -1.74. The molecule has 7 rings (SSSR count). The van der Waals surface area contributed by atoms with Gasteiger partial charge in [0.25, 0.3) is 0 Å². The van der Waals surface area contributed by atoms with E-state index < -0.39 is 78.0 Å². The molecule has 4 aromatic rings. The first kappa shape index (κ1) is 32.5. The first-order valence-electron chi connectivity index (χ1n) is 13.1. The van der Waals surface area contributed by atoms with Crippen LogP contribution in [-0.2, 0) is 36.7 Å². The first-order valence-corrected chi connectivity index (χ1v) is 17.3. The van der Waals surface area contributed by atoms with Crippen LogP contribution < -0.4 is 5.73 Å². The van der Waals surface area contributed by atoms with E-state index in [4.69, 9.17) is 68.1 Å². The lowest BCUT2D eigenvalue weighted by atomic mass is 10.1. The van der Waals surface area contributed by atoms with Crippen molar-refractivity contribution in [2.75, 3.05) is 18.9 Å². The van der Waals surface area contributed by atoms with Gasteiger partial charge in [-0.15, -0.1) is 0 Å². The third kappa shape index (κ3) is 5.71. The standard InChI is InChI=1S/C22H21Cl3FN7O11P2/c23-7-1-9-10(2-8(7)24)33(22(25)31-9)21-15(34)17-12(42-21)4-40-45(35,36)43-16-11(3-39-46(37,38)44-17)41-20(13(16)26)32-6-30-14-18(27)28-5-29-19(14)32/h1-2,5-6,11-13,15-17,20-21,34H,3-4H2,(H,35,36)(H,37,38)(H2,27,28,29)/t11-,12-,13+,15?,16?,17+,20-,21-/m1/s1. The molecule has 3 saturated heterocycles. The molecule has 24 heteroatoms. The number of benzene rings is 1. The molecule has 0 amide bonds. The average Bonchev–Trinajstić information content (AvgIpc) is 3.71. The van der Waals surface area contributed by atoms with E-state index in [1.54, 1.807) is 0 Å². The van der Waals surface area contributed by atoms with Gasteiger partial charge in [-0.2, -0.15) is 0 Å². The number of fused-ring (bicyclic) bond motifs is 4. The number of anilines is 1. The normalized spacial score (nSPS) is 37.2. The minimum atomic E-state index is -5.12. The van der Waals surface area contributed by atoms with E-state index in [-0.39, 0.29) is 43.3 Å². The molecule has 0 bridgehead atoms. The molecular formula is C22H21Cl3FN7O11P2. The van der Waals surface area contributed by atoms with Gasteiger partial charge in [0.2, 0.25) is 5.28 Å². The number of hydrogen-bond acceptors (Lipinski definition) is 14. The molecular weight excluding hydrogens is 726 g/mol. The van der Waals surface area contributed by atoms with Crippen molar-refractivity contribution in [1.82, 2.24) is 29.1 Å². The van der Waals surface area contributed by atoms with Crippen molar-refractivity contribution < 1.29 is 56.0 Å². The smallest absolute Gasteiger partial charge is 0.386 e. The van der Waals surface area contributed by atoms with E-state index in [0.717, 1.165) is 17.2 Å². The third-order valence-corrected chi connectivity index (χ3v) is 10.5. The van der Waals surface area contributed by atoms with Crippen LogP contribution in [0.1, 0.15) is 12.5 Å². The molecule has 3 aromatic heterocycles. The Morgan fingerprint density at radius 3 is 2.28 bits per heavy atom. The number of aliphatic hydroxyl groups excluding tert-OH is 1. The lowest BCUT2D eigenvalue weighted by molar-refractivity contribution is -0.0662. The number of hydrogen-bond donors (Lipinski definition) is 4. The summed E-state index contributed by atoms with van der Waals surface area (Å²) in [5.74, 6) is 0.00347. The Bertz CT molecular complexity index is 1940. The van der Waals surface area contributed by atoms with Gasteiger partial charge in [-0.25, -0.2) is 33.5 Å². The molecule has 18 nitrogen and oxygen atoms in total. The number of aromatic nitrogens is 6. The maximum Gasteiger partial charge on any atom is 0.472 e. The van der Waals surface area contributed by atoms with Gasteiger partial charge in [0.1, 0.15) is 42.4 Å². The van der Waals surface area contributed by atoms with E-state index >= 15 is 4.39 Å². The van der Waals surface area contributed by atoms with Crippen molar-refractivity contribution in [2.24, 2.45) is 0 Å². The Hall–Kier alpha value is -2.06. The molecule has 0 aliphatic carbocycles. The number of aliphatic hydroxyl groups is 1. The molecule has 0 saturated carbocycles. The summed E-state index contributed by atoms with van der Waals surface area (Å²) in [5, 5.41) is 11.3. The molecule has 3 fully saturated rings. The number of phosphoric acid groups is 2. The quantitative estimate of drug-likeness (QED) is 0.216. The summed E-state index contributed by atoms with van der Waals surface area (Å²) in [6, 6.07) is 2.82. The molecule has 10 atom stereocenters. The number of halogens is 4. The molecule has 46 heavy (non-hydrogen) atoms. The molecule has 248 valence electrons. The number of alkyl halides is 1. The molecule has 4 unspecified atom stereocenters. The van der Waals surface area contributed by atoms with Crippen molar-refractivity contribution in [3.63, 3.8) is 0 Å². The summed E-state index contributed by atoms with van der Waals surface area (Å²) < 4.78 is 76.7. The predicted molar refractivity (Wildman–Crippen MR) is 155 cm³/mol. The Morgan fingerprint density at radius 2 is 1.57 bits per heavy atom. The van der Waals surface area contributed by atoms with Crippen molar-refractivity contribution >= 4 is 78.5 Å². The van der Waals surface area contributed by atoms with Crippen LogP contribution in [0.15, 0.2) is 24.8 Å². The number of nitrogens with two attached hydrogens (primary N) is 1. The van der Waals surface area contributed by atoms with Crippen molar-refractivity contribution in [3.8, 4) is 0 Å². The lowest BCUT2D eigenvalue weighted by Crippen LogP contribution is -2.38. The van der Waals surface area contributed by atoms with Crippen LogP contribution in [0.4, 0.5) is 10.2 Å². The van der Waals surface area contributed by atoms with Crippen molar-refractivity contribution in [2.45, 2.75) is 49.1 Å². The molecule has 0 radical (unpaired) electrons. The van der Waals surface area contributed by atoms with Gasteiger partial charge in [0.15, 0.2) is 30.1 Å². The highest BCUT2D eigenvalue weighted by molar-refractivity contribution is 7.47. The number of nitrogen functional groups attached to an aromatic ring is 1. The minimum Gasteiger partial charge on any atom is -0.386 e. The van der Waals surface area contributed by atoms with Crippen LogP contribution in [-0.4, -0.2) is 93.9 Å². The van der Waals surface area contributed by atoms with Crippen LogP contribution in [0.25, 0.3) is 22.2 Å². The number of phosphoric ester groups is 2. The predicted octanol–water partition coefficient (Wildman–Crippen LogP) is 2.93. The Morgan fingerprint density at radius 1 is 0.935 bits per heavy atom. The number of ether oxygens (including phenoxy) is 2. The summed E-state index contributed by atoms with van der Waals surface area (Å²) in [5.41, 5.74) is 6.54. The average molecular weight is 747 g/mol. The number of nitrogens with zero attached hydrogens (tertiary/aromatic N) is 6. The fourth-order valence-electron chi connectivity index (χ4n) is 5.44. The van der Waals surface area contributed by atoms with Crippen LogP contribution in [0.5, 0.6) is 0 Å². The molecule has 3 aliphatic rings. The SMILES string of the molecule is Nc1ncnc2c1ncn2[C@@H]1O[C@@H]2COP(=O)(O)O[C@@H]3C(O)[C@H](n4c(Cl)nc5cc(Cl)c(Cl)cc54)O[C@@H]3COP(=O)(O)OC2[C@@H]1F. The van der Waals surface area contributed by atoms with E-state index in [1.807, 2.05) is 0 Å². The highest BCUT2D eigenvalue weighted by Crippen LogP contribution is 2.54. The van der Waals surface area contributed by atoms with Crippen LogP contribution in [0, 0.1) is 0 Å². The third-order valence-electron chi connectivity index (χ3n) is 7.49. The molecule has 5 N–H and O–H groups in total. The minimum absolute atomic E-state index is 0.00347. The summed E-state index contributed by atoms with van der Waals surface area (Å²) in [4.78, 5) is 37.3. The van der Waals surface area contributed by atoms with Crippen molar-refractivity contribution in [3.05, 3.63) is 40.1 Å². The Balaban J connectivity index is 1.18. The van der Waals surface area contributed by atoms with E-state index in [9.17, 15) is 24.0 Å². The van der Waals surface area contributed by atoms with Gasteiger partial charge in [0.05, 0.1) is 40.6 Å². The number of imidazole rings is 2. The lowest BCUT2D eigenvalue weighted by Gasteiger charge is -2.27. The zero-order valence-corrected chi connectivity index (χ0v) is 26.7. The maximum atomic E-state index is 15.9. The zero-order chi connectivity index (χ0) is 32.7. The van der Waals surface area contributed by atoms with Gasteiger partial charge in [-0.3, -0.25) is 27.2 Å². The second kappa shape index (κ2) is 11.8. The first-order chi connectivity index (χ1) is 21.7. The molecule has 0 spiro atoms. The van der Waals surface area contributed by atoms with Gasteiger partial charge in [0, 0.05) is 0 Å². The largest absolute Gasteiger partial charge is 0.472 e. The van der Waals surface area contributed by atoms with Gasteiger partial charge < -0.3 is 30.1 Å². The maximum absolute atomic E-state index is 15.9. The second-order valence-electron chi connectivity index (χ2n) is 10.3. The molecule has 1 aromatic carbocycles. The topological polar surface area (TPSA) is 238 Å². The fraction of sp³-hybridized carbons (Fsp3) is 0.455. The van der Waals surface area contributed by atoms with Gasteiger partial charge in [-0.1, -0.05) is 23.2 Å². The number of rotatable bonds is 2. The van der Waals surface area contributed by atoms with E-state index in [0.29, 0.717) is 0 Å². The highest BCUT2D eigenvalue weighted by Gasteiger charge is 2.54.